The van der Waals surface area contributed by atoms with Gasteiger partial charge in [-0.05, 0) is 54.8 Å². The molecule has 28 heavy (non-hydrogen) atoms. The fourth-order valence-electron chi connectivity index (χ4n) is 2.96. The van der Waals surface area contributed by atoms with Gasteiger partial charge in [0.1, 0.15) is 11.6 Å². The van der Waals surface area contributed by atoms with Crippen LogP contribution in [0.1, 0.15) is 18.1 Å². The fourth-order valence-corrected chi connectivity index (χ4v) is 2.96. The number of nitrogens with one attached hydrogen (secondary N) is 3. The molecule has 150 valence electrons. The monoisotopic (exact) mass is 496 g/mol. The van der Waals surface area contributed by atoms with E-state index in [2.05, 4.69) is 20.6 Å². The molecule has 3 aromatic rings. The number of benzene rings is 2. The molecule has 0 amide bonds. The first-order chi connectivity index (χ1) is 13.2. The third kappa shape index (κ3) is 5.85. The van der Waals surface area contributed by atoms with Crippen LogP contribution in [-0.4, -0.2) is 31.1 Å². The molecule has 0 spiro atoms. The minimum Gasteiger partial charge on any atom is -0.497 e. The Balaban J connectivity index is 0.00000280. The number of aromatic amines is 1. The summed E-state index contributed by atoms with van der Waals surface area (Å²) in [5.74, 6) is 1.37. The molecular weight excluding hydrogens is 470 g/mol. The van der Waals surface area contributed by atoms with Gasteiger partial charge in [-0.15, -0.1) is 24.0 Å². The largest absolute Gasteiger partial charge is 0.497 e. The Kier molecular flexibility index (Phi) is 8.56. The number of guanidine groups is 1. The molecule has 7 heteroatoms. The van der Waals surface area contributed by atoms with Crippen LogP contribution in [0.3, 0.4) is 0 Å². The maximum Gasteiger partial charge on any atom is 0.191 e. The second-order valence-corrected chi connectivity index (χ2v) is 6.23. The van der Waals surface area contributed by atoms with Gasteiger partial charge in [0.2, 0.25) is 0 Å². The van der Waals surface area contributed by atoms with E-state index in [1.165, 1.54) is 12.1 Å². The minimum absolute atomic E-state index is 0. The highest BCUT2D eigenvalue weighted by atomic mass is 127. The Bertz CT molecular complexity index is 926. The molecular formula is C21H26FIN4O. The molecule has 0 unspecified atom stereocenters. The van der Waals surface area contributed by atoms with Gasteiger partial charge in [-0.1, -0.05) is 12.1 Å². The van der Waals surface area contributed by atoms with Gasteiger partial charge in [0.05, 0.1) is 13.7 Å². The van der Waals surface area contributed by atoms with Crippen molar-refractivity contribution in [3.8, 4) is 5.75 Å². The Morgan fingerprint density at radius 2 is 2.04 bits per heavy atom. The zero-order valence-corrected chi connectivity index (χ0v) is 18.4. The van der Waals surface area contributed by atoms with Gasteiger partial charge in [0, 0.05) is 30.2 Å². The molecule has 0 bridgehead atoms. The summed E-state index contributed by atoms with van der Waals surface area (Å²) >= 11 is 0. The Hall–Kier alpha value is -2.29. The molecule has 3 N–H and O–H groups in total. The number of ether oxygens (including phenoxy) is 1. The SMILES string of the molecule is CCNC(=NCc1cccc(OC)c1)NCCc1c[nH]c2cc(F)ccc12.I. The third-order valence-corrected chi connectivity index (χ3v) is 4.31. The van der Waals surface area contributed by atoms with Gasteiger partial charge in [0.25, 0.3) is 0 Å². The Morgan fingerprint density at radius 3 is 2.82 bits per heavy atom. The van der Waals surface area contributed by atoms with Crippen LogP contribution in [0.5, 0.6) is 5.75 Å². The number of aromatic nitrogens is 1. The number of aliphatic imine (C=N–C) groups is 1. The van der Waals surface area contributed by atoms with Crippen LogP contribution >= 0.6 is 24.0 Å². The van der Waals surface area contributed by atoms with E-state index >= 15 is 0 Å². The van der Waals surface area contributed by atoms with Crippen LogP contribution in [0, 0.1) is 5.82 Å². The Morgan fingerprint density at radius 1 is 1.18 bits per heavy atom. The molecule has 1 heterocycles. The maximum atomic E-state index is 13.3. The van der Waals surface area contributed by atoms with E-state index in [9.17, 15) is 4.39 Å². The lowest BCUT2D eigenvalue weighted by Gasteiger charge is -2.11. The van der Waals surface area contributed by atoms with Crippen LogP contribution in [0.15, 0.2) is 53.7 Å². The average Bonchev–Trinajstić information content (AvgIpc) is 3.08. The summed E-state index contributed by atoms with van der Waals surface area (Å²) in [5.41, 5.74) is 3.06. The summed E-state index contributed by atoms with van der Waals surface area (Å²) in [7, 11) is 1.66. The predicted molar refractivity (Wildman–Crippen MR) is 123 cm³/mol. The molecule has 0 aliphatic heterocycles. The highest BCUT2D eigenvalue weighted by Crippen LogP contribution is 2.19. The van der Waals surface area contributed by atoms with Crippen LogP contribution in [-0.2, 0) is 13.0 Å². The highest BCUT2D eigenvalue weighted by molar-refractivity contribution is 14.0. The standard InChI is InChI=1S/C21H25FN4O.HI/c1-3-23-21(26-13-15-5-4-6-18(11-15)27-2)24-10-9-16-14-25-20-12-17(22)7-8-19(16)20;/h4-8,11-12,14,25H,3,9-10,13H2,1-2H3,(H2,23,24,26);1H. The van der Waals surface area contributed by atoms with Crippen molar-refractivity contribution in [2.75, 3.05) is 20.2 Å². The lowest BCUT2D eigenvalue weighted by atomic mass is 10.1. The molecule has 3 rings (SSSR count). The molecule has 5 nitrogen and oxygen atoms in total. The zero-order valence-electron chi connectivity index (χ0n) is 16.1. The number of halogens is 2. The first kappa shape index (κ1) is 22.0. The van der Waals surface area contributed by atoms with Gasteiger partial charge in [-0.25, -0.2) is 9.38 Å². The van der Waals surface area contributed by atoms with Gasteiger partial charge < -0.3 is 20.4 Å². The van der Waals surface area contributed by atoms with Crippen molar-refractivity contribution < 1.29 is 9.13 Å². The van der Waals surface area contributed by atoms with Gasteiger partial charge in [-0.3, -0.25) is 0 Å². The summed E-state index contributed by atoms with van der Waals surface area (Å²) in [6.07, 6.45) is 2.75. The van der Waals surface area contributed by atoms with E-state index < -0.39 is 0 Å². The van der Waals surface area contributed by atoms with Gasteiger partial charge in [-0.2, -0.15) is 0 Å². The van der Waals surface area contributed by atoms with E-state index in [4.69, 9.17) is 4.74 Å². The van der Waals surface area contributed by atoms with E-state index in [1.54, 1.807) is 7.11 Å². The topological polar surface area (TPSA) is 61.4 Å². The van der Waals surface area contributed by atoms with Crippen molar-refractivity contribution in [3.63, 3.8) is 0 Å². The van der Waals surface area contributed by atoms with Crippen LogP contribution < -0.4 is 15.4 Å². The fraction of sp³-hybridized carbons (Fsp3) is 0.286. The maximum absolute atomic E-state index is 13.3. The summed E-state index contributed by atoms with van der Waals surface area (Å²) in [4.78, 5) is 7.76. The van der Waals surface area contributed by atoms with Gasteiger partial charge >= 0.3 is 0 Å². The lowest BCUT2D eigenvalue weighted by Crippen LogP contribution is -2.38. The number of H-pyrrole nitrogens is 1. The number of rotatable bonds is 7. The van der Waals surface area contributed by atoms with Crippen molar-refractivity contribution >= 4 is 40.8 Å². The van der Waals surface area contributed by atoms with Crippen molar-refractivity contribution in [2.45, 2.75) is 19.9 Å². The molecule has 0 aliphatic rings. The molecule has 0 atom stereocenters. The number of fused-ring (bicyclic) bond motifs is 1. The van der Waals surface area contributed by atoms with Crippen LogP contribution in [0.25, 0.3) is 10.9 Å². The van der Waals surface area contributed by atoms with Crippen molar-refractivity contribution in [1.29, 1.82) is 0 Å². The van der Waals surface area contributed by atoms with Crippen molar-refractivity contribution in [3.05, 3.63) is 65.6 Å². The number of hydrogen-bond donors (Lipinski definition) is 3. The summed E-state index contributed by atoms with van der Waals surface area (Å²) in [5, 5.41) is 7.66. The van der Waals surface area contributed by atoms with E-state index in [0.29, 0.717) is 6.54 Å². The predicted octanol–water partition coefficient (Wildman–Crippen LogP) is 4.23. The van der Waals surface area contributed by atoms with E-state index in [0.717, 1.165) is 53.2 Å². The minimum atomic E-state index is -0.229. The van der Waals surface area contributed by atoms with Gasteiger partial charge in [0.15, 0.2) is 5.96 Å². The number of nitrogens with zero attached hydrogens (tertiary/aromatic N) is 1. The molecule has 0 fully saturated rings. The summed E-state index contributed by atoms with van der Waals surface area (Å²) in [6, 6.07) is 12.7. The van der Waals surface area contributed by atoms with Crippen molar-refractivity contribution in [2.24, 2.45) is 4.99 Å². The number of methoxy groups -OCH3 is 1. The highest BCUT2D eigenvalue weighted by Gasteiger charge is 2.05. The molecule has 1 aromatic heterocycles. The first-order valence-corrected chi connectivity index (χ1v) is 9.10. The average molecular weight is 496 g/mol. The molecule has 0 aliphatic carbocycles. The molecule has 2 aromatic carbocycles. The van der Waals surface area contributed by atoms with Crippen LogP contribution in [0.4, 0.5) is 4.39 Å². The lowest BCUT2D eigenvalue weighted by molar-refractivity contribution is 0.414. The Labute approximate surface area is 181 Å². The number of hydrogen-bond acceptors (Lipinski definition) is 2. The first-order valence-electron chi connectivity index (χ1n) is 9.10. The molecule has 0 radical (unpaired) electrons. The summed E-state index contributed by atoms with van der Waals surface area (Å²) in [6.45, 7) is 4.13. The zero-order chi connectivity index (χ0) is 19.1. The van der Waals surface area contributed by atoms with E-state index in [1.807, 2.05) is 43.5 Å². The normalized spacial score (nSPS) is 11.2. The van der Waals surface area contributed by atoms with Crippen LogP contribution in [0.2, 0.25) is 0 Å². The van der Waals surface area contributed by atoms with E-state index in [-0.39, 0.29) is 29.8 Å². The van der Waals surface area contributed by atoms with Crippen molar-refractivity contribution in [1.82, 2.24) is 15.6 Å². The summed E-state index contributed by atoms with van der Waals surface area (Å²) < 4.78 is 18.5. The third-order valence-electron chi connectivity index (χ3n) is 4.31. The molecule has 0 saturated carbocycles. The second-order valence-electron chi connectivity index (χ2n) is 6.23. The second kappa shape index (κ2) is 10.9. The molecule has 0 saturated heterocycles. The smallest absolute Gasteiger partial charge is 0.191 e. The quantitative estimate of drug-likeness (QED) is 0.261.